The monoisotopic (exact) mass is 296 g/mol. The van der Waals surface area contributed by atoms with Gasteiger partial charge in [0.05, 0.1) is 9.77 Å². The Morgan fingerprint density at radius 1 is 1.62 bits per heavy atom. The Hall–Kier alpha value is -0.970. The van der Waals surface area contributed by atoms with Crippen LogP contribution in [-0.4, -0.2) is 10.1 Å². The van der Waals surface area contributed by atoms with Crippen molar-refractivity contribution in [3.8, 4) is 11.8 Å². The second kappa shape index (κ2) is 3.83. The van der Waals surface area contributed by atoms with E-state index in [4.69, 9.17) is 10.4 Å². The number of hydrogen-bond acceptors (Lipinski definition) is 3. The van der Waals surface area contributed by atoms with Crippen molar-refractivity contribution in [2.24, 2.45) is 0 Å². The second-order valence-electron chi connectivity index (χ2n) is 2.13. The van der Waals surface area contributed by atoms with Crippen molar-refractivity contribution in [3.63, 3.8) is 0 Å². The molecule has 68 valence electrons. The molecule has 1 rings (SSSR count). The van der Waals surface area contributed by atoms with Gasteiger partial charge in [0.15, 0.2) is 5.75 Å². The lowest BCUT2D eigenvalue weighted by Gasteiger charge is -2.04. The Kier molecular flexibility index (Phi) is 2.98. The van der Waals surface area contributed by atoms with Gasteiger partial charge in [0.2, 0.25) is 0 Å². The third kappa shape index (κ3) is 1.85. The average Bonchev–Trinajstić information content (AvgIpc) is 2.04. The maximum atomic E-state index is 12.2. The van der Waals surface area contributed by atoms with E-state index in [0.29, 0.717) is 0 Å². The Balaban J connectivity index is 3.38. The van der Waals surface area contributed by atoms with E-state index in [1.165, 1.54) is 0 Å². The standard InChI is InChI=1S/C7H3F2IN2O/c8-7(9)6-5(10)3(1-11)4(13)2-12-6/h2,7,13H. The fourth-order valence-electron chi connectivity index (χ4n) is 0.751. The number of pyridine rings is 1. The highest BCUT2D eigenvalue weighted by Crippen LogP contribution is 2.28. The summed E-state index contributed by atoms with van der Waals surface area (Å²) in [6.45, 7) is 0. The lowest BCUT2D eigenvalue weighted by molar-refractivity contribution is 0.145. The van der Waals surface area contributed by atoms with Crippen LogP contribution in [-0.2, 0) is 0 Å². The quantitative estimate of drug-likeness (QED) is 0.808. The zero-order chi connectivity index (χ0) is 10.0. The van der Waals surface area contributed by atoms with Crippen LogP contribution in [0, 0.1) is 14.9 Å². The largest absolute Gasteiger partial charge is 0.505 e. The third-order valence-electron chi connectivity index (χ3n) is 1.34. The Morgan fingerprint density at radius 3 is 2.69 bits per heavy atom. The number of rotatable bonds is 1. The third-order valence-corrected chi connectivity index (χ3v) is 2.44. The summed E-state index contributed by atoms with van der Waals surface area (Å²) in [5, 5.41) is 17.6. The molecule has 0 unspecified atom stereocenters. The minimum atomic E-state index is -2.74. The van der Waals surface area contributed by atoms with E-state index < -0.39 is 12.1 Å². The summed E-state index contributed by atoms with van der Waals surface area (Å²) in [6.07, 6.45) is -1.89. The van der Waals surface area contributed by atoms with Crippen LogP contribution in [0.2, 0.25) is 0 Å². The molecule has 0 aromatic carbocycles. The van der Waals surface area contributed by atoms with Gasteiger partial charge in [0.25, 0.3) is 6.43 Å². The molecule has 1 N–H and O–H groups in total. The first-order valence-corrected chi connectivity index (χ1v) is 4.21. The molecule has 0 radical (unpaired) electrons. The minimum Gasteiger partial charge on any atom is -0.505 e. The van der Waals surface area contributed by atoms with Crippen molar-refractivity contribution in [2.45, 2.75) is 6.43 Å². The van der Waals surface area contributed by atoms with Gasteiger partial charge in [-0.2, -0.15) is 5.26 Å². The SMILES string of the molecule is N#Cc1c(O)cnc(C(F)F)c1I. The molecule has 0 saturated carbocycles. The van der Waals surface area contributed by atoms with Crippen molar-refractivity contribution in [1.82, 2.24) is 4.98 Å². The van der Waals surface area contributed by atoms with Gasteiger partial charge in [-0.25, -0.2) is 8.78 Å². The number of halogens is 3. The van der Waals surface area contributed by atoms with Gasteiger partial charge in [-0.3, -0.25) is 4.98 Å². The van der Waals surface area contributed by atoms with Gasteiger partial charge in [0, 0.05) is 0 Å². The van der Waals surface area contributed by atoms with Crippen molar-refractivity contribution >= 4 is 22.6 Å². The van der Waals surface area contributed by atoms with Crippen LogP contribution in [0.4, 0.5) is 8.78 Å². The summed E-state index contributed by atoms with van der Waals surface area (Å²) in [5.41, 5.74) is -0.638. The lowest BCUT2D eigenvalue weighted by atomic mass is 10.2. The first-order valence-electron chi connectivity index (χ1n) is 3.13. The number of aromatic hydroxyl groups is 1. The zero-order valence-corrected chi connectivity index (χ0v) is 8.29. The van der Waals surface area contributed by atoms with E-state index in [1.54, 1.807) is 28.7 Å². The molecule has 0 aliphatic rings. The molecule has 0 atom stereocenters. The second-order valence-corrected chi connectivity index (χ2v) is 3.21. The van der Waals surface area contributed by atoms with E-state index in [9.17, 15) is 8.78 Å². The number of aromatic nitrogens is 1. The highest BCUT2D eigenvalue weighted by atomic mass is 127. The maximum absolute atomic E-state index is 12.2. The molecule has 6 heteroatoms. The highest BCUT2D eigenvalue weighted by Gasteiger charge is 2.18. The van der Waals surface area contributed by atoms with Gasteiger partial charge in [0.1, 0.15) is 17.3 Å². The molecular weight excluding hydrogens is 293 g/mol. The summed E-state index contributed by atoms with van der Waals surface area (Å²) in [6, 6.07) is 1.63. The molecule has 0 fully saturated rings. The molecule has 0 spiro atoms. The molecule has 0 saturated heterocycles. The first kappa shape index (κ1) is 10.1. The van der Waals surface area contributed by atoms with Crippen LogP contribution >= 0.6 is 22.6 Å². The van der Waals surface area contributed by atoms with Gasteiger partial charge in [-0.1, -0.05) is 0 Å². The van der Waals surface area contributed by atoms with E-state index >= 15 is 0 Å². The predicted octanol–water partition coefficient (Wildman–Crippen LogP) is 2.20. The lowest BCUT2D eigenvalue weighted by Crippen LogP contribution is -1.97. The summed E-state index contributed by atoms with van der Waals surface area (Å²) >= 11 is 1.56. The summed E-state index contributed by atoms with van der Waals surface area (Å²) in [5.74, 6) is -0.378. The van der Waals surface area contributed by atoms with Crippen LogP contribution in [0.1, 0.15) is 17.7 Å². The van der Waals surface area contributed by atoms with Gasteiger partial charge in [-0.05, 0) is 22.6 Å². The Morgan fingerprint density at radius 2 is 2.23 bits per heavy atom. The highest BCUT2D eigenvalue weighted by molar-refractivity contribution is 14.1. The van der Waals surface area contributed by atoms with Crippen molar-refractivity contribution in [3.05, 3.63) is 21.0 Å². The molecule has 1 aromatic heterocycles. The summed E-state index contributed by atoms with van der Waals surface area (Å²) in [4.78, 5) is 3.33. The van der Waals surface area contributed by atoms with Crippen LogP contribution in [0.15, 0.2) is 6.20 Å². The van der Waals surface area contributed by atoms with Crippen LogP contribution in [0.5, 0.6) is 5.75 Å². The van der Waals surface area contributed by atoms with E-state index in [-0.39, 0.29) is 14.9 Å². The Bertz CT molecular complexity index is 375. The van der Waals surface area contributed by atoms with Crippen LogP contribution < -0.4 is 0 Å². The van der Waals surface area contributed by atoms with Crippen molar-refractivity contribution in [2.75, 3.05) is 0 Å². The van der Waals surface area contributed by atoms with E-state index in [0.717, 1.165) is 6.20 Å². The maximum Gasteiger partial charge on any atom is 0.281 e. The molecule has 0 bridgehead atoms. The molecule has 0 aliphatic carbocycles. The van der Waals surface area contributed by atoms with Crippen LogP contribution in [0.25, 0.3) is 0 Å². The predicted molar refractivity (Wildman–Crippen MR) is 48.3 cm³/mol. The normalized spacial score (nSPS) is 10.1. The number of hydrogen-bond donors (Lipinski definition) is 1. The van der Waals surface area contributed by atoms with Crippen molar-refractivity contribution < 1.29 is 13.9 Å². The zero-order valence-electron chi connectivity index (χ0n) is 6.13. The molecule has 13 heavy (non-hydrogen) atoms. The number of nitrogens with zero attached hydrogens (tertiary/aromatic N) is 2. The summed E-state index contributed by atoms with van der Waals surface area (Å²) < 4.78 is 24.4. The first-order chi connectivity index (χ1) is 6.07. The number of nitriles is 1. The topological polar surface area (TPSA) is 56.9 Å². The van der Waals surface area contributed by atoms with Gasteiger partial charge in [-0.15, -0.1) is 0 Å². The smallest absolute Gasteiger partial charge is 0.281 e. The summed E-state index contributed by atoms with van der Waals surface area (Å²) in [7, 11) is 0. The minimum absolute atomic E-state index is 0.00454. The fourth-order valence-corrected chi connectivity index (χ4v) is 1.52. The van der Waals surface area contributed by atoms with Gasteiger partial charge >= 0.3 is 0 Å². The molecule has 0 amide bonds. The molecule has 1 aromatic rings. The van der Waals surface area contributed by atoms with E-state index in [1.807, 2.05) is 0 Å². The number of alkyl halides is 2. The molecular formula is C7H3F2IN2O. The van der Waals surface area contributed by atoms with E-state index in [2.05, 4.69) is 4.98 Å². The molecule has 1 heterocycles. The van der Waals surface area contributed by atoms with Gasteiger partial charge < -0.3 is 5.11 Å². The average molecular weight is 296 g/mol. The fraction of sp³-hybridized carbons (Fsp3) is 0.143. The van der Waals surface area contributed by atoms with Crippen LogP contribution in [0.3, 0.4) is 0 Å². The Labute approximate surface area is 86.2 Å². The molecule has 3 nitrogen and oxygen atoms in total. The van der Waals surface area contributed by atoms with Crippen molar-refractivity contribution in [1.29, 1.82) is 5.26 Å². The molecule has 0 aliphatic heterocycles.